The molecular weight excluding hydrogens is 985 g/mol. The highest BCUT2D eigenvalue weighted by atomic mass is 16.4. The van der Waals surface area contributed by atoms with Crippen molar-refractivity contribution in [3.8, 4) is 0 Å². The molecule has 1 aliphatic rings. The number of aliphatic hydroxyl groups excluding tert-OH is 3. The largest absolute Gasteiger partial charge is 0.511 e. The van der Waals surface area contributed by atoms with Gasteiger partial charge in [0, 0.05) is 75.9 Å². The van der Waals surface area contributed by atoms with Crippen molar-refractivity contribution < 1.29 is 54.6 Å². The van der Waals surface area contributed by atoms with Gasteiger partial charge in [-0.3, -0.25) is 24.2 Å². The number of amides is 3. The lowest BCUT2D eigenvalue weighted by atomic mass is 9.87. The lowest BCUT2D eigenvalue weighted by Crippen LogP contribution is -2.47. The third-order valence-corrected chi connectivity index (χ3v) is 12.0. The minimum atomic E-state index is -1.24. The Labute approximate surface area is 446 Å². The van der Waals surface area contributed by atoms with Crippen molar-refractivity contribution in [1.82, 2.24) is 56.7 Å². The van der Waals surface area contributed by atoms with E-state index in [0.717, 1.165) is 69.5 Å². The summed E-state index contributed by atoms with van der Waals surface area (Å²) < 4.78 is 0. The smallest absolute Gasteiger partial charge is 0.326 e. The molecule has 2 heterocycles. The first-order valence-electron chi connectivity index (χ1n) is 26.0. The van der Waals surface area contributed by atoms with Gasteiger partial charge in [0.1, 0.15) is 29.9 Å². The number of benzene rings is 1. The fraction of sp³-hybridized carbons (Fsp3) is 0.608. The quantitative estimate of drug-likeness (QED) is 0.0339. The van der Waals surface area contributed by atoms with Crippen LogP contribution >= 0.6 is 0 Å². The number of carbonyl (C=O) groups excluding carboxylic acids is 2. The van der Waals surface area contributed by atoms with E-state index in [0.29, 0.717) is 69.7 Å². The standard InChI is InChI=1S/C51H84N14O11/c1-36(56-32-40(67)29-51(2,28-39(66)31-52-3)30-41(68)34-63(4)25-26-64(5)35-45(72)73)27-37-15-17-38(18-16-37)58-48-60-47(61-49(62-48)65-23-21-53-22-24-65)55-20-11-8-6-7-9-14-43(69)54-19-12-10-13-42(46(74)75)59-50(76)57-33-44(70)71/h15-18,28-30,36,42,52-53,56,66-68H,6-14,19-27,31-35H2,1-5H3,(H,54,69)(H,70,71)(H,72,73)(H,74,75)(H2,57,59,76)(H2,55,58,60,61,62)/b39-28+,40-29+,41-30+/t36?,42-,51?/m0/s1. The summed E-state index contributed by atoms with van der Waals surface area (Å²) >= 11 is 0. The van der Waals surface area contributed by atoms with E-state index in [1.165, 1.54) is 0 Å². The molecule has 1 aromatic heterocycles. The summed E-state index contributed by atoms with van der Waals surface area (Å²) in [4.78, 5) is 76.9. The second kappa shape index (κ2) is 34.7. The summed E-state index contributed by atoms with van der Waals surface area (Å²) in [5, 5.41) is 83.1. The van der Waals surface area contributed by atoms with E-state index in [-0.39, 0.29) is 61.8 Å². The topological polar surface area (TPSA) is 351 Å². The number of anilines is 4. The third kappa shape index (κ3) is 27.7. The molecule has 25 heteroatoms. The summed E-state index contributed by atoms with van der Waals surface area (Å²) in [6.45, 7) is 8.78. The van der Waals surface area contributed by atoms with Crippen LogP contribution in [0, 0.1) is 5.41 Å². The van der Waals surface area contributed by atoms with Gasteiger partial charge >= 0.3 is 23.9 Å². The third-order valence-electron chi connectivity index (χ3n) is 12.0. The highest BCUT2D eigenvalue weighted by Gasteiger charge is 2.23. The molecule has 2 unspecified atom stereocenters. The van der Waals surface area contributed by atoms with E-state index < -0.39 is 41.9 Å². The van der Waals surface area contributed by atoms with Crippen LogP contribution in [0.15, 0.2) is 59.8 Å². The van der Waals surface area contributed by atoms with E-state index in [1.807, 2.05) is 43.1 Å². The van der Waals surface area contributed by atoms with Crippen molar-refractivity contribution in [1.29, 1.82) is 0 Å². The molecule has 424 valence electrons. The van der Waals surface area contributed by atoms with E-state index >= 15 is 0 Å². The van der Waals surface area contributed by atoms with Gasteiger partial charge in [-0.05, 0) is 109 Å². The molecule has 1 aliphatic heterocycles. The van der Waals surface area contributed by atoms with Crippen LogP contribution in [0.2, 0.25) is 0 Å². The van der Waals surface area contributed by atoms with Gasteiger partial charge in [0.25, 0.3) is 0 Å². The van der Waals surface area contributed by atoms with Crippen molar-refractivity contribution in [3.05, 3.63) is 65.3 Å². The molecule has 0 aliphatic carbocycles. The zero-order valence-electron chi connectivity index (χ0n) is 44.9. The average molecular weight is 1070 g/mol. The van der Waals surface area contributed by atoms with Crippen molar-refractivity contribution in [2.45, 2.75) is 90.1 Å². The fourth-order valence-electron chi connectivity index (χ4n) is 8.15. The van der Waals surface area contributed by atoms with Gasteiger partial charge < -0.3 is 78.1 Å². The highest BCUT2D eigenvalue weighted by molar-refractivity contribution is 5.84. The number of aliphatic carboxylic acids is 3. The number of carboxylic acid groups (broad SMARTS) is 3. The van der Waals surface area contributed by atoms with Gasteiger partial charge in [-0.2, -0.15) is 15.0 Å². The number of aromatic nitrogens is 3. The Balaban J connectivity index is 1.46. The number of hydrogen-bond acceptors (Lipinski definition) is 19. The van der Waals surface area contributed by atoms with E-state index in [9.17, 15) is 44.4 Å². The van der Waals surface area contributed by atoms with Crippen LogP contribution in [0.5, 0.6) is 0 Å². The number of unbranched alkanes of at least 4 members (excludes halogenated alkanes) is 5. The molecule has 25 nitrogen and oxygen atoms in total. The number of nitrogens with zero attached hydrogens (tertiary/aromatic N) is 6. The van der Waals surface area contributed by atoms with Crippen LogP contribution in [0.1, 0.15) is 77.2 Å². The molecule has 76 heavy (non-hydrogen) atoms. The maximum Gasteiger partial charge on any atom is 0.326 e. The van der Waals surface area contributed by atoms with Gasteiger partial charge in [-0.15, -0.1) is 0 Å². The summed E-state index contributed by atoms with van der Waals surface area (Å²) in [5.74, 6) is -1.91. The monoisotopic (exact) mass is 1070 g/mol. The molecule has 0 radical (unpaired) electrons. The second-order valence-corrected chi connectivity index (χ2v) is 19.4. The Bertz CT molecular complexity index is 2210. The number of aliphatic hydroxyl groups is 3. The maximum atomic E-state index is 12.3. The van der Waals surface area contributed by atoms with Crippen LogP contribution in [-0.4, -0.2) is 204 Å². The van der Waals surface area contributed by atoms with E-state index in [1.54, 1.807) is 44.1 Å². The molecule has 0 bridgehead atoms. The van der Waals surface area contributed by atoms with Crippen LogP contribution in [0.3, 0.4) is 0 Å². The van der Waals surface area contributed by atoms with Crippen molar-refractivity contribution in [2.75, 3.05) is 122 Å². The SMILES string of the molecule is CNC/C(O)=C\C(C)(/C=C(/O)CNC(C)Cc1ccc(Nc2nc(NCCCCCCCC(=O)NCCCC[C@H](NC(=O)NCC(=O)O)C(=O)O)nc(N3CCNCC3)n2)cc1)/C=C(/O)CN(C)CCN(C)CC(=O)O. The van der Waals surface area contributed by atoms with Crippen LogP contribution < -0.4 is 47.4 Å². The van der Waals surface area contributed by atoms with Crippen molar-refractivity contribution in [2.24, 2.45) is 5.41 Å². The number of nitrogens with one attached hydrogen (secondary N) is 8. The molecule has 14 N–H and O–H groups in total. The minimum Gasteiger partial charge on any atom is -0.511 e. The Kier molecular flexibility index (Phi) is 29.0. The lowest BCUT2D eigenvalue weighted by molar-refractivity contribution is -0.139. The number of allylic oxidation sites excluding steroid dienone is 3. The van der Waals surface area contributed by atoms with Gasteiger partial charge in [0.15, 0.2) is 0 Å². The van der Waals surface area contributed by atoms with Gasteiger partial charge in [-0.1, -0.05) is 31.4 Å². The number of carbonyl (C=O) groups is 5. The maximum absolute atomic E-state index is 12.3. The molecule has 3 atom stereocenters. The molecule has 1 aromatic carbocycles. The van der Waals surface area contributed by atoms with Crippen LogP contribution in [0.25, 0.3) is 0 Å². The summed E-state index contributed by atoms with van der Waals surface area (Å²) in [7, 11) is 5.23. The van der Waals surface area contributed by atoms with E-state index in [4.69, 9.17) is 20.2 Å². The predicted molar refractivity (Wildman–Crippen MR) is 291 cm³/mol. The highest BCUT2D eigenvalue weighted by Crippen LogP contribution is 2.27. The number of hydrogen-bond donors (Lipinski definition) is 14. The molecule has 3 rings (SSSR count). The number of urea groups is 1. The molecule has 1 saturated heterocycles. The number of carboxylic acids is 3. The first kappa shape index (κ1) is 63.5. The second-order valence-electron chi connectivity index (χ2n) is 19.4. The lowest BCUT2D eigenvalue weighted by Gasteiger charge is -2.27. The van der Waals surface area contributed by atoms with Crippen LogP contribution in [0.4, 0.5) is 28.3 Å². The number of rotatable bonds is 38. The first-order chi connectivity index (χ1) is 36.2. The number of likely N-dealkylation sites (N-methyl/N-ethyl adjacent to an activating group) is 3. The average Bonchev–Trinajstić information content (AvgIpc) is 3.35. The summed E-state index contributed by atoms with van der Waals surface area (Å²) in [5.41, 5.74) is 0.817. The van der Waals surface area contributed by atoms with Crippen molar-refractivity contribution in [3.63, 3.8) is 0 Å². The molecular formula is C51H84N14O11. The zero-order valence-corrected chi connectivity index (χ0v) is 44.9. The van der Waals surface area contributed by atoms with Gasteiger partial charge in [0.2, 0.25) is 23.8 Å². The molecule has 0 spiro atoms. The van der Waals surface area contributed by atoms with E-state index in [2.05, 4.69) is 52.4 Å². The zero-order chi connectivity index (χ0) is 55.9. The molecule has 2 aromatic rings. The minimum absolute atomic E-state index is 0.0268. The molecule has 3 amide bonds. The van der Waals surface area contributed by atoms with Crippen LogP contribution in [-0.2, 0) is 25.6 Å². The Morgan fingerprint density at radius 3 is 2.01 bits per heavy atom. The normalized spacial score (nSPS) is 14.9. The Morgan fingerprint density at radius 2 is 1.36 bits per heavy atom. The van der Waals surface area contributed by atoms with Gasteiger partial charge in [0.05, 0.1) is 26.2 Å². The fourth-order valence-corrected chi connectivity index (χ4v) is 8.15. The van der Waals surface area contributed by atoms with Gasteiger partial charge in [-0.25, -0.2) is 9.59 Å². The Morgan fingerprint density at radius 1 is 0.737 bits per heavy atom. The summed E-state index contributed by atoms with van der Waals surface area (Å²) in [6.07, 6.45) is 11.3. The molecule has 1 fully saturated rings. The number of piperazine rings is 1. The first-order valence-corrected chi connectivity index (χ1v) is 26.0. The predicted octanol–water partition coefficient (Wildman–Crippen LogP) is 2.92. The van der Waals surface area contributed by atoms with Crippen molar-refractivity contribution >= 4 is 53.4 Å². The Hall–Kier alpha value is -6.80. The molecule has 0 saturated carbocycles. The summed E-state index contributed by atoms with van der Waals surface area (Å²) in [6, 6.07) is 5.88.